The molecule has 0 aliphatic heterocycles. The van der Waals surface area contributed by atoms with E-state index in [1.165, 1.54) is 10.6 Å². The standard InChI is InChI=1S/C27H38BrN3O4S/c1-7-21(4)29-27(33)22(5)30(18-23-10-8-11-24(28)17-23)26(32)12-9-13-31(36(6,34)35)25-15-19(2)14-20(3)16-25/h8,10-11,14-17,21-22H,7,9,12-13,18H2,1-6H3,(H,29,33). The monoisotopic (exact) mass is 579 g/mol. The second-order valence-electron chi connectivity index (χ2n) is 9.43. The zero-order valence-corrected chi connectivity index (χ0v) is 24.4. The molecule has 0 aliphatic carbocycles. The van der Waals surface area contributed by atoms with Crippen LogP contribution in [-0.2, 0) is 26.2 Å². The summed E-state index contributed by atoms with van der Waals surface area (Å²) < 4.78 is 27.3. The third-order valence-corrected chi connectivity index (χ3v) is 7.74. The fraction of sp³-hybridized carbons (Fsp3) is 0.481. The molecule has 2 amide bonds. The van der Waals surface area contributed by atoms with Gasteiger partial charge in [0.2, 0.25) is 21.8 Å². The van der Waals surface area contributed by atoms with Gasteiger partial charge in [-0.1, -0.05) is 41.1 Å². The molecule has 0 aliphatic rings. The van der Waals surface area contributed by atoms with Gasteiger partial charge in [-0.2, -0.15) is 0 Å². The van der Waals surface area contributed by atoms with Crippen LogP contribution in [0.3, 0.4) is 0 Å². The van der Waals surface area contributed by atoms with Crippen molar-refractivity contribution in [2.75, 3.05) is 17.1 Å². The maximum Gasteiger partial charge on any atom is 0.242 e. The molecule has 1 N–H and O–H groups in total. The predicted molar refractivity (Wildman–Crippen MR) is 149 cm³/mol. The summed E-state index contributed by atoms with van der Waals surface area (Å²) in [4.78, 5) is 27.8. The summed E-state index contributed by atoms with van der Waals surface area (Å²) in [7, 11) is -3.53. The minimum atomic E-state index is -3.53. The van der Waals surface area contributed by atoms with E-state index < -0.39 is 16.1 Å². The number of nitrogens with zero attached hydrogens (tertiary/aromatic N) is 2. The van der Waals surface area contributed by atoms with Crippen LogP contribution in [0.15, 0.2) is 46.9 Å². The summed E-state index contributed by atoms with van der Waals surface area (Å²) in [5, 5.41) is 2.96. The Kier molecular flexibility index (Phi) is 11.0. The lowest BCUT2D eigenvalue weighted by Gasteiger charge is -2.30. The Labute approximate surface area is 224 Å². The molecule has 0 saturated carbocycles. The van der Waals surface area contributed by atoms with Crippen molar-refractivity contribution in [1.82, 2.24) is 10.2 Å². The number of hydrogen-bond acceptors (Lipinski definition) is 4. The number of amides is 2. The first-order chi connectivity index (χ1) is 16.8. The van der Waals surface area contributed by atoms with E-state index in [0.29, 0.717) is 12.1 Å². The molecule has 198 valence electrons. The summed E-state index contributed by atoms with van der Waals surface area (Å²) in [6, 6.07) is 12.6. The van der Waals surface area contributed by atoms with Crippen LogP contribution < -0.4 is 9.62 Å². The molecular formula is C27H38BrN3O4S. The van der Waals surface area contributed by atoms with Gasteiger partial charge in [-0.15, -0.1) is 0 Å². The predicted octanol–water partition coefficient (Wildman–Crippen LogP) is 4.94. The average molecular weight is 581 g/mol. The quantitative estimate of drug-likeness (QED) is 0.385. The van der Waals surface area contributed by atoms with Crippen LogP contribution in [0, 0.1) is 13.8 Å². The first-order valence-corrected chi connectivity index (χ1v) is 14.9. The zero-order valence-electron chi connectivity index (χ0n) is 22.0. The minimum Gasteiger partial charge on any atom is -0.352 e. The molecule has 2 atom stereocenters. The maximum atomic E-state index is 13.4. The van der Waals surface area contributed by atoms with Crippen LogP contribution in [-0.4, -0.2) is 50.0 Å². The lowest BCUT2D eigenvalue weighted by Crippen LogP contribution is -2.49. The fourth-order valence-corrected chi connectivity index (χ4v) is 5.37. The largest absolute Gasteiger partial charge is 0.352 e. The smallest absolute Gasteiger partial charge is 0.242 e. The van der Waals surface area contributed by atoms with E-state index in [4.69, 9.17) is 0 Å². The topological polar surface area (TPSA) is 86.8 Å². The molecule has 0 spiro atoms. The van der Waals surface area contributed by atoms with Crippen LogP contribution >= 0.6 is 15.9 Å². The molecule has 0 radical (unpaired) electrons. The number of anilines is 1. The lowest BCUT2D eigenvalue weighted by atomic mass is 10.1. The van der Waals surface area contributed by atoms with Crippen molar-refractivity contribution >= 4 is 43.5 Å². The Morgan fingerprint density at radius 2 is 1.69 bits per heavy atom. The molecular weight excluding hydrogens is 542 g/mol. The van der Waals surface area contributed by atoms with Gasteiger partial charge in [0.1, 0.15) is 6.04 Å². The van der Waals surface area contributed by atoms with Crippen LogP contribution in [0.5, 0.6) is 0 Å². The number of sulfonamides is 1. The Morgan fingerprint density at radius 1 is 1.06 bits per heavy atom. The van der Waals surface area contributed by atoms with Crippen molar-refractivity contribution in [3.63, 3.8) is 0 Å². The summed E-state index contributed by atoms with van der Waals surface area (Å²) in [6.45, 7) is 9.94. The van der Waals surface area contributed by atoms with Gasteiger partial charge in [0.25, 0.3) is 0 Å². The third-order valence-electron chi connectivity index (χ3n) is 6.06. The third kappa shape index (κ3) is 8.92. The van der Waals surface area contributed by atoms with Crippen molar-refractivity contribution in [3.05, 3.63) is 63.6 Å². The van der Waals surface area contributed by atoms with Gasteiger partial charge in [0.15, 0.2) is 0 Å². The highest BCUT2D eigenvalue weighted by Gasteiger charge is 2.27. The van der Waals surface area contributed by atoms with Crippen LogP contribution in [0.4, 0.5) is 5.69 Å². The van der Waals surface area contributed by atoms with Crippen LogP contribution in [0.1, 0.15) is 56.7 Å². The van der Waals surface area contributed by atoms with E-state index in [1.807, 2.05) is 70.2 Å². The van der Waals surface area contributed by atoms with Gasteiger partial charge < -0.3 is 10.2 Å². The second-order valence-corrected chi connectivity index (χ2v) is 12.3. The number of carbonyl (C=O) groups is 2. The van der Waals surface area contributed by atoms with Crippen LogP contribution in [0.25, 0.3) is 0 Å². The molecule has 0 fully saturated rings. The van der Waals surface area contributed by atoms with Crippen molar-refractivity contribution in [3.8, 4) is 0 Å². The van der Waals surface area contributed by atoms with Crippen molar-refractivity contribution < 1.29 is 18.0 Å². The van der Waals surface area contributed by atoms with Crippen LogP contribution in [0.2, 0.25) is 0 Å². The molecule has 2 unspecified atom stereocenters. The Bertz CT molecular complexity index is 1150. The first-order valence-electron chi connectivity index (χ1n) is 12.2. The van der Waals surface area contributed by atoms with Gasteiger partial charge in [-0.05, 0) is 81.5 Å². The number of nitrogens with one attached hydrogen (secondary N) is 1. The lowest BCUT2D eigenvalue weighted by molar-refractivity contribution is -0.140. The SMILES string of the molecule is CCC(C)NC(=O)C(C)N(Cc1cccc(Br)c1)C(=O)CCCN(c1cc(C)cc(C)c1)S(C)(=O)=O. The van der Waals surface area contributed by atoms with Gasteiger partial charge in [-0.25, -0.2) is 8.42 Å². The molecule has 0 bridgehead atoms. The van der Waals surface area contributed by atoms with Crippen molar-refractivity contribution in [2.24, 2.45) is 0 Å². The Balaban J connectivity index is 2.20. The Hall–Kier alpha value is -2.39. The highest BCUT2D eigenvalue weighted by molar-refractivity contribution is 9.10. The van der Waals surface area contributed by atoms with Crippen molar-refractivity contribution in [2.45, 2.75) is 72.5 Å². The second kappa shape index (κ2) is 13.2. The summed E-state index contributed by atoms with van der Waals surface area (Å²) >= 11 is 3.46. The maximum absolute atomic E-state index is 13.4. The zero-order chi connectivity index (χ0) is 27.0. The molecule has 7 nitrogen and oxygen atoms in total. The van der Waals surface area contributed by atoms with Gasteiger partial charge in [0, 0.05) is 30.0 Å². The Morgan fingerprint density at radius 3 is 2.25 bits per heavy atom. The van der Waals surface area contributed by atoms with E-state index in [0.717, 1.165) is 27.6 Å². The summed E-state index contributed by atoms with van der Waals surface area (Å²) in [6.07, 6.45) is 2.41. The van der Waals surface area contributed by atoms with E-state index in [1.54, 1.807) is 11.8 Å². The van der Waals surface area contributed by atoms with E-state index in [9.17, 15) is 18.0 Å². The molecule has 0 heterocycles. The highest BCUT2D eigenvalue weighted by Crippen LogP contribution is 2.22. The number of halogens is 1. The average Bonchev–Trinajstić information content (AvgIpc) is 2.78. The molecule has 9 heteroatoms. The molecule has 2 rings (SSSR count). The minimum absolute atomic E-state index is 0.00359. The summed E-state index contributed by atoms with van der Waals surface area (Å²) in [5.41, 5.74) is 3.43. The number of hydrogen-bond donors (Lipinski definition) is 1. The number of carbonyl (C=O) groups excluding carboxylic acids is 2. The van der Waals surface area contributed by atoms with Gasteiger partial charge in [-0.3, -0.25) is 13.9 Å². The molecule has 36 heavy (non-hydrogen) atoms. The van der Waals surface area contributed by atoms with Crippen molar-refractivity contribution in [1.29, 1.82) is 0 Å². The van der Waals surface area contributed by atoms with E-state index >= 15 is 0 Å². The number of benzene rings is 2. The molecule has 0 aromatic heterocycles. The normalized spacial score (nSPS) is 13.1. The highest BCUT2D eigenvalue weighted by atomic mass is 79.9. The van der Waals surface area contributed by atoms with Gasteiger partial charge in [0.05, 0.1) is 11.9 Å². The number of rotatable bonds is 12. The number of aryl methyl sites for hydroxylation is 2. The molecule has 2 aromatic carbocycles. The molecule has 0 saturated heterocycles. The fourth-order valence-electron chi connectivity index (χ4n) is 3.98. The molecule has 2 aromatic rings. The van der Waals surface area contributed by atoms with E-state index in [-0.39, 0.29) is 37.4 Å². The first kappa shape index (κ1) is 29.8. The van der Waals surface area contributed by atoms with E-state index in [2.05, 4.69) is 21.2 Å². The van der Waals surface area contributed by atoms with Gasteiger partial charge >= 0.3 is 0 Å². The summed E-state index contributed by atoms with van der Waals surface area (Å²) in [5.74, 6) is -0.406.